The van der Waals surface area contributed by atoms with E-state index in [0.29, 0.717) is 0 Å². The van der Waals surface area contributed by atoms with Crippen LogP contribution < -0.4 is 5.73 Å². The lowest BCUT2D eigenvalue weighted by atomic mass is 10.2. The molecule has 2 N–H and O–H groups in total. The Morgan fingerprint density at radius 2 is 1.85 bits per heavy atom. The lowest BCUT2D eigenvalue weighted by Gasteiger charge is -2.11. The van der Waals surface area contributed by atoms with Crippen molar-refractivity contribution in [2.75, 3.05) is 20.0 Å². The van der Waals surface area contributed by atoms with E-state index in [0.717, 1.165) is 17.3 Å². The third-order valence-electron chi connectivity index (χ3n) is 1.97. The number of benzene rings is 1. The van der Waals surface area contributed by atoms with Crippen LogP contribution in [0.3, 0.4) is 0 Å². The van der Waals surface area contributed by atoms with E-state index in [4.69, 9.17) is 14.6 Å². The number of para-hydroxylation sites is 1. The second-order valence-electron chi connectivity index (χ2n) is 2.80. The standard InChI is InChI=1S/C9H15NO2Si/c1-11-13(12-2)7-8-5-3-4-6-9(8)10/h3-6,13H,7,10H2,1-2H3. The van der Waals surface area contributed by atoms with Crippen molar-refractivity contribution < 1.29 is 8.85 Å². The van der Waals surface area contributed by atoms with E-state index in [1.807, 2.05) is 24.3 Å². The number of nitrogen functional groups attached to an aromatic ring is 1. The van der Waals surface area contributed by atoms with Crippen molar-refractivity contribution in [2.45, 2.75) is 6.04 Å². The maximum Gasteiger partial charge on any atom is 0.325 e. The van der Waals surface area contributed by atoms with Crippen LogP contribution in [-0.4, -0.2) is 23.5 Å². The summed E-state index contributed by atoms with van der Waals surface area (Å²) in [5, 5.41) is 0. The average molecular weight is 197 g/mol. The van der Waals surface area contributed by atoms with Crippen LogP contribution in [0.5, 0.6) is 0 Å². The largest absolute Gasteiger partial charge is 0.400 e. The minimum Gasteiger partial charge on any atom is -0.400 e. The molecule has 1 aromatic carbocycles. The first kappa shape index (κ1) is 10.2. The highest BCUT2D eigenvalue weighted by molar-refractivity contribution is 6.43. The van der Waals surface area contributed by atoms with Gasteiger partial charge in [0.2, 0.25) is 0 Å². The van der Waals surface area contributed by atoms with Crippen LogP contribution in [0.1, 0.15) is 5.56 Å². The van der Waals surface area contributed by atoms with Gasteiger partial charge in [0.1, 0.15) is 0 Å². The molecule has 3 nitrogen and oxygen atoms in total. The van der Waals surface area contributed by atoms with Crippen molar-refractivity contribution in [3.8, 4) is 0 Å². The van der Waals surface area contributed by atoms with Gasteiger partial charge in [0.25, 0.3) is 0 Å². The minimum atomic E-state index is -1.53. The first-order valence-corrected chi connectivity index (χ1v) is 5.93. The fraction of sp³-hybridized carbons (Fsp3) is 0.333. The molecule has 0 saturated heterocycles. The molecule has 0 unspecified atom stereocenters. The predicted octanol–water partition coefficient (Wildman–Crippen LogP) is 0.864. The Morgan fingerprint density at radius 3 is 2.38 bits per heavy atom. The van der Waals surface area contributed by atoms with Gasteiger partial charge in [0.05, 0.1) is 0 Å². The summed E-state index contributed by atoms with van der Waals surface area (Å²) in [6, 6.07) is 8.62. The zero-order chi connectivity index (χ0) is 9.68. The highest BCUT2D eigenvalue weighted by Crippen LogP contribution is 2.12. The van der Waals surface area contributed by atoms with Gasteiger partial charge in [-0.15, -0.1) is 0 Å². The van der Waals surface area contributed by atoms with Gasteiger partial charge >= 0.3 is 9.28 Å². The monoisotopic (exact) mass is 197 g/mol. The summed E-state index contributed by atoms with van der Waals surface area (Å²) in [7, 11) is 1.83. The molecule has 0 aromatic heterocycles. The van der Waals surface area contributed by atoms with Crippen molar-refractivity contribution in [2.24, 2.45) is 0 Å². The van der Waals surface area contributed by atoms with Gasteiger partial charge in [-0.25, -0.2) is 0 Å². The van der Waals surface area contributed by atoms with E-state index in [-0.39, 0.29) is 0 Å². The third kappa shape index (κ3) is 2.84. The Balaban J connectivity index is 2.67. The highest BCUT2D eigenvalue weighted by atomic mass is 28.3. The molecular weight excluding hydrogens is 182 g/mol. The summed E-state index contributed by atoms with van der Waals surface area (Å²) in [5.74, 6) is 0. The van der Waals surface area contributed by atoms with Crippen LogP contribution in [0.25, 0.3) is 0 Å². The van der Waals surface area contributed by atoms with Gasteiger partial charge in [-0.1, -0.05) is 18.2 Å². The Kier molecular flexibility index (Phi) is 3.95. The summed E-state index contributed by atoms with van der Waals surface area (Å²) in [6.45, 7) is 0. The van der Waals surface area contributed by atoms with Crippen molar-refractivity contribution in [3.63, 3.8) is 0 Å². The molecule has 1 aromatic rings. The fourth-order valence-electron chi connectivity index (χ4n) is 1.16. The zero-order valence-corrected chi connectivity index (χ0v) is 9.14. The first-order valence-electron chi connectivity index (χ1n) is 4.17. The topological polar surface area (TPSA) is 44.5 Å². The molecule has 4 heteroatoms. The van der Waals surface area contributed by atoms with Crippen LogP contribution in [0.4, 0.5) is 5.69 Å². The Morgan fingerprint density at radius 1 is 1.23 bits per heavy atom. The smallest absolute Gasteiger partial charge is 0.325 e. The van der Waals surface area contributed by atoms with Crippen molar-refractivity contribution in [1.82, 2.24) is 0 Å². The van der Waals surface area contributed by atoms with E-state index in [9.17, 15) is 0 Å². The van der Waals surface area contributed by atoms with Gasteiger partial charge in [-0.3, -0.25) is 0 Å². The first-order chi connectivity index (χ1) is 6.27. The molecule has 0 aliphatic heterocycles. The van der Waals surface area contributed by atoms with Gasteiger partial charge in [-0.2, -0.15) is 0 Å². The SMILES string of the molecule is CO[SiH](Cc1ccccc1N)OC. The van der Waals surface area contributed by atoms with Crippen molar-refractivity contribution in [3.05, 3.63) is 29.8 Å². The third-order valence-corrected chi connectivity index (χ3v) is 3.79. The van der Waals surface area contributed by atoms with Gasteiger partial charge < -0.3 is 14.6 Å². The molecule has 0 heterocycles. The molecule has 0 saturated carbocycles. The Hall–Kier alpha value is -0.843. The number of rotatable bonds is 4. The molecule has 0 radical (unpaired) electrons. The maximum absolute atomic E-state index is 5.79. The van der Waals surface area contributed by atoms with Gasteiger partial charge in [0, 0.05) is 26.0 Å². The second-order valence-corrected chi connectivity index (χ2v) is 5.01. The summed E-state index contributed by atoms with van der Waals surface area (Å²) < 4.78 is 10.4. The Labute approximate surface area is 80.3 Å². The van der Waals surface area contributed by atoms with E-state index in [1.54, 1.807) is 14.2 Å². The Bertz CT molecular complexity index is 264. The average Bonchev–Trinajstić information content (AvgIpc) is 2.17. The summed E-state index contributed by atoms with van der Waals surface area (Å²) in [5.41, 5.74) is 7.72. The number of hydrogen-bond acceptors (Lipinski definition) is 3. The quantitative estimate of drug-likeness (QED) is 0.575. The molecule has 13 heavy (non-hydrogen) atoms. The number of nitrogens with two attached hydrogens (primary N) is 1. The second kappa shape index (κ2) is 5.01. The van der Waals surface area contributed by atoms with Crippen LogP contribution in [0.2, 0.25) is 0 Å². The molecule has 0 spiro atoms. The van der Waals surface area contributed by atoms with Gasteiger partial charge in [-0.05, 0) is 11.6 Å². The van der Waals surface area contributed by atoms with Crippen LogP contribution in [0.15, 0.2) is 24.3 Å². The molecule has 72 valence electrons. The number of anilines is 1. The van der Waals surface area contributed by atoms with E-state index >= 15 is 0 Å². The molecule has 0 atom stereocenters. The predicted molar refractivity (Wildman–Crippen MR) is 55.7 cm³/mol. The summed E-state index contributed by atoms with van der Waals surface area (Å²) in [4.78, 5) is 0. The van der Waals surface area contributed by atoms with E-state index in [1.165, 1.54) is 0 Å². The minimum absolute atomic E-state index is 0.814. The molecule has 0 aliphatic carbocycles. The molecule has 1 rings (SSSR count). The van der Waals surface area contributed by atoms with Crippen molar-refractivity contribution in [1.29, 1.82) is 0 Å². The molecule has 0 fully saturated rings. The number of hydrogen-bond donors (Lipinski definition) is 1. The lowest BCUT2D eigenvalue weighted by molar-refractivity contribution is 0.277. The van der Waals surface area contributed by atoms with E-state index in [2.05, 4.69) is 0 Å². The molecular formula is C9H15NO2Si. The summed E-state index contributed by atoms with van der Waals surface area (Å²) >= 11 is 0. The van der Waals surface area contributed by atoms with Crippen LogP contribution in [0, 0.1) is 0 Å². The molecule has 0 bridgehead atoms. The van der Waals surface area contributed by atoms with Crippen LogP contribution in [-0.2, 0) is 14.9 Å². The van der Waals surface area contributed by atoms with Crippen LogP contribution >= 0.6 is 0 Å². The highest BCUT2D eigenvalue weighted by Gasteiger charge is 2.11. The lowest BCUT2D eigenvalue weighted by Crippen LogP contribution is -2.23. The summed E-state index contributed by atoms with van der Waals surface area (Å²) in [6.07, 6.45) is 0. The van der Waals surface area contributed by atoms with E-state index < -0.39 is 9.28 Å². The molecule has 0 aliphatic rings. The normalized spacial score (nSPS) is 10.7. The van der Waals surface area contributed by atoms with Gasteiger partial charge in [0.15, 0.2) is 0 Å². The zero-order valence-electron chi connectivity index (χ0n) is 7.99. The van der Waals surface area contributed by atoms with Crippen molar-refractivity contribution >= 4 is 15.0 Å². The maximum atomic E-state index is 5.79. The fourth-order valence-corrected chi connectivity index (χ4v) is 2.42. The molecule has 0 amide bonds.